The van der Waals surface area contributed by atoms with E-state index in [2.05, 4.69) is 0 Å². The van der Waals surface area contributed by atoms with E-state index < -0.39 is 19.2 Å². The molecule has 0 bridgehead atoms. The number of benzene rings is 1. The molecule has 1 aromatic carbocycles. The van der Waals surface area contributed by atoms with Crippen molar-refractivity contribution in [3.63, 3.8) is 0 Å². The van der Waals surface area contributed by atoms with Gasteiger partial charge in [-0.3, -0.25) is 15.1 Å². The highest BCUT2D eigenvalue weighted by molar-refractivity contribution is 8.15. The Morgan fingerprint density at radius 3 is 2.73 bits per heavy atom. The van der Waals surface area contributed by atoms with E-state index in [0.29, 0.717) is 11.3 Å². The highest BCUT2D eigenvalue weighted by atomic mass is 32.2. The number of alkyl halides is 3. The highest BCUT2D eigenvalue weighted by Gasteiger charge is 2.30. The molecule has 1 saturated heterocycles. The van der Waals surface area contributed by atoms with Gasteiger partial charge in [0, 0.05) is 5.56 Å². The van der Waals surface area contributed by atoms with Crippen molar-refractivity contribution >= 4 is 28.5 Å². The van der Waals surface area contributed by atoms with Crippen molar-refractivity contribution in [1.29, 1.82) is 5.41 Å². The van der Waals surface area contributed by atoms with Crippen molar-refractivity contribution in [2.75, 3.05) is 17.3 Å². The van der Waals surface area contributed by atoms with Crippen LogP contribution in [0.5, 0.6) is 0 Å². The number of anilines is 1. The molecule has 0 spiro atoms. The molecule has 0 atom stereocenters. The van der Waals surface area contributed by atoms with E-state index in [1.807, 2.05) is 6.92 Å². The van der Waals surface area contributed by atoms with Gasteiger partial charge in [0.2, 0.25) is 5.91 Å². The maximum Gasteiger partial charge on any atom is 0.391 e. The van der Waals surface area contributed by atoms with Crippen LogP contribution in [0.25, 0.3) is 0 Å². The van der Waals surface area contributed by atoms with Crippen LogP contribution in [0, 0.1) is 12.3 Å². The van der Waals surface area contributed by atoms with Crippen LogP contribution in [0.15, 0.2) is 18.2 Å². The van der Waals surface area contributed by atoms with Crippen LogP contribution in [0.2, 0.25) is 0 Å². The van der Waals surface area contributed by atoms with Crippen molar-refractivity contribution in [2.45, 2.75) is 26.1 Å². The van der Waals surface area contributed by atoms with Gasteiger partial charge in [-0.05, 0) is 18.6 Å². The van der Waals surface area contributed by atoms with Crippen LogP contribution in [-0.2, 0) is 16.1 Å². The molecule has 0 radical (unpaired) electrons. The largest absolute Gasteiger partial charge is 0.391 e. The molecule has 1 aliphatic rings. The predicted molar refractivity (Wildman–Crippen MR) is 79.2 cm³/mol. The highest BCUT2D eigenvalue weighted by Crippen LogP contribution is 2.30. The Balaban J connectivity index is 2.11. The Bertz CT molecular complexity index is 574. The molecule has 1 aromatic rings. The number of carbonyl (C=O) groups excluding carboxylic acids is 1. The zero-order chi connectivity index (χ0) is 16.3. The number of amidine groups is 1. The zero-order valence-electron chi connectivity index (χ0n) is 11.9. The third-order valence-electron chi connectivity index (χ3n) is 3.05. The topological polar surface area (TPSA) is 53.4 Å². The van der Waals surface area contributed by atoms with Crippen LogP contribution in [0.1, 0.15) is 17.5 Å². The van der Waals surface area contributed by atoms with Crippen molar-refractivity contribution in [1.82, 2.24) is 0 Å². The Morgan fingerprint density at radius 1 is 1.41 bits per heavy atom. The van der Waals surface area contributed by atoms with E-state index in [4.69, 9.17) is 10.1 Å². The summed E-state index contributed by atoms with van der Waals surface area (Å²) in [6.07, 6.45) is -5.26. The minimum absolute atomic E-state index is 0.0343. The lowest BCUT2D eigenvalue weighted by molar-refractivity contribution is -0.146. The molecular formula is C14H15F3N2O2S. The van der Waals surface area contributed by atoms with Gasteiger partial charge in [0.1, 0.15) is 0 Å². The summed E-state index contributed by atoms with van der Waals surface area (Å²) in [6, 6.07) is 5.24. The van der Waals surface area contributed by atoms with Gasteiger partial charge in [0.05, 0.1) is 31.1 Å². The summed E-state index contributed by atoms with van der Waals surface area (Å²) in [4.78, 5) is 13.2. The minimum atomic E-state index is -4.25. The molecule has 1 aliphatic heterocycles. The van der Waals surface area contributed by atoms with Gasteiger partial charge in [0.15, 0.2) is 5.17 Å². The lowest BCUT2D eigenvalue weighted by Gasteiger charge is -2.20. The Labute approximate surface area is 130 Å². The van der Waals surface area contributed by atoms with Crippen LogP contribution in [-0.4, -0.2) is 29.6 Å². The molecule has 1 N–H and O–H groups in total. The molecule has 0 aromatic heterocycles. The molecule has 8 heteroatoms. The van der Waals surface area contributed by atoms with E-state index in [0.717, 1.165) is 17.3 Å². The second-order valence-electron chi connectivity index (χ2n) is 4.87. The summed E-state index contributed by atoms with van der Waals surface area (Å²) in [5, 5.41) is 7.93. The molecule has 0 unspecified atom stereocenters. The SMILES string of the molecule is Cc1ccc(COCCC(F)(F)F)c(N2C(=N)SCC2=O)c1. The van der Waals surface area contributed by atoms with Crippen LogP contribution < -0.4 is 4.90 Å². The van der Waals surface area contributed by atoms with Crippen LogP contribution in [0.3, 0.4) is 0 Å². The van der Waals surface area contributed by atoms with Crippen molar-refractivity contribution < 1.29 is 22.7 Å². The summed E-state index contributed by atoms with van der Waals surface area (Å²) in [6.45, 7) is 1.37. The number of rotatable bonds is 5. The number of aryl methyl sites for hydroxylation is 1. The minimum Gasteiger partial charge on any atom is -0.376 e. The summed E-state index contributed by atoms with van der Waals surface area (Å²) in [5.41, 5.74) is 1.99. The van der Waals surface area contributed by atoms with Crippen molar-refractivity contribution in [3.8, 4) is 0 Å². The average molecular weight is 332 g/mol. The summed E-state index contributed by atoms with van der Waals surface area (Å²) in [7, 11) is 0. The number of hydrogen-bond acceptors (Lipinski definition) is 4. The molecular weight excluding hydrogens is 317 g/mol. The van der Waals surface area contributed by atoms with Crippen molar-refractivity contribution in [3.05, 3.63) is 29.3 Å². The lowest BCUT2D eigenvalue weighted by Crippen LogP contribution is -2.29. The van der Waals surface area contributed by atoms with Gasteiger partial charge in [-0.15, -0.1) is 0 Å². The number of thioether (sulfide) groups is 1. The van der Waals surface area contributed by atoms with Crippen LogP contribution >= 0.6 is 11.8 Å². The Morgan fingerprint density at radius 2 is 2.14 bits per heavy atom. The maximum atomic E-state index is 12.1. The van der Waals surface area contributed by atoms with Crippen molar-refractivity contribution in [2.24, 2.45) is 0 Å². The third-order valence-corrected chi connectivity index (χ3v) is 3.90. The molecule has 1 amide bonds. The number of hydrogen-bond donors (Lipinski definition) is 1. The molecule has 4 nitrogen and oxygen atoms in total. The van der Waals surface area contributed by atoms with Gasteiger partial charge >= 0.3 is 6.18 Å². The fourth-order valence-corrected chi connectivity index (χ4v) is 2.71. The first-order valence-electron chi connectivity index (χ1n) is 6.56. The molecule has 0 aliphatic carbocycles. The molecule has 2 rings (SSSR count). The molecule has 1 fully saturated rings. The number of carbonyl (C=O) groups is 1. The quantitative estimate of drug-likeness (QED) is 0.840. The van der Waals surface area contributed by atoms with E-state index >= 15 is 0 Å². The Kier molecular flexibility index (Phi) is 5.12. The number of halogens is 3. The first-order chi connectivity index (χ1) is 10.3. The normalized spacial score (nSPS) is 15.7. The smallest absolute Gasteiger partial charge is 0.376 e. The Hall–Kier alpha value is -1.54. The average Bonchev–Trinajstić information content (AvgIpc) is 2.74. The first-order valence-corrected chi connectivity index (χ1v) is 7.55. The summed E-state index contributed by atoms with van der Waals surface area (Å²) < 4.78 is 41.4. The zero-order valence-corrected chi connectivity index (χ0v) is 12.7. The van der Waals surface area contributed by atoms with Crippen LogP contribution in [0.4, 0.5) is 18.9 Å². The standard InChI is InChI=1S/C14H15F3N2O2S/c1-9-2-3-10(7-21-5-4-14(15,16)17)11(6-9)19-12(20)8-22-13(19)18/h2-3,6,18H,4-5,7-8H2,1H3. The molecule has 0 saturated carbocycles. The number of amides is 1. The monoisotopic (exact) mass is 332 g/mol. The summed E-state index contributed by atoms with van der Waals surface area (Å²) >= 11 is 1.12. The van der Waals surface area contributed by atoms with E-state index in [-0.39, 0.29) is 23.4 Å². The molecule has 120 valence electrons. The fraction of sp³-hybridized carbons (Fsp3) is 0.429. The van der Waals surface area contributed by atoms with E-state index in [9.17, 15) is 18.0 Å². The number of ether oxygens (including phenoxy) is 1. The van der Waals surface area contributed by atoms with Gasteiger partial charge in [-0.2, -0.15) is 13.2 Å². The first kappa shape index (κ1) is 16.8. The predicted octanol–water partition coefficient (Wildman–Crippen LogP) is 3.48. The van der Waals surface area contributed by atoms with Gasteiger partial charge < -0.3 is 4.74 Å². The van der Waals surface area contributed by atoms with Gasteiger partial charge in [-0.1, -0.05) is 23.9 Å². The second kappa shape index (κ2) is 6.70. The second-order valence-corrected chi connectivity index (χ2v) is 5.84. The fourth-order valence-electron chi connectivity index (χ4n) is 1.99. The maximum absolute atomic E-state index is 12.1. The van der Waals surface area contributed by atoms with Gasteiger partial charge in [0.25, 0.3) is 0 Å². The number of nitrogens with zero attached hydrogens (tertiary/aromatic N) is 1. The summed E-state index contributed by atoms with van der Waals surface area (Å²) in [5.74, 6) is -0.0154. The van der Waals surface area contributed by atoms with E-state index in [1.165, 1.54) is 4.90 Å². The molecule has 22 heavy (non-hydrogen) atoms. The van der Waals surface area contributed by atoms with E-state index in [1.54, 1.807) is 18.2 Å². The number of nitrogens with one attached hydrogen (secondary N) is 1. The third kappa shape index (κ3) is 4.23. The molecule has 1 heterocycles. The lowest BCUT2D eigenvalue weighted by atomic mass is 10.1. The van der Waals surface area contributed by atoms with Gasteiger partial charge in [-0.25, -0.2) is 0 Å².